The molecule has 0 aliphatic heterocycles. The Morgan fingerprint density at radius 1 is 1.21 bits per heavy atom. The monoisotopic (exact) mass is 360 g/mol. The molecule has 1 aromatic carbocycles. The van der Waals surface area contributed by atoms with Gasteiger partial charge in [0.15, 0.2) is 0 Å². The van der Waals surface area contributed by atoms with Crippen molar-refractivity contribution in [3.63, 3.8) is 0 Å². The fourth-order valence-corrected chi connectivity index (χ4v) is 3.74. The van der Waals surface area contributed by atoms with Crippen molar-refractivity contribution in [1.29, 1.82) is 0 Å². The highest BCUT2D eigenvalue weighted by Gasteiger charge is 2.22. The second-order valence-corrected chi connectivity index (χ2v) is 7.02. The van der Waals surface area contributed by atoms with E-state index in [1.54, 1.807) is 26.0 Å². The molecule has 0 atom stereocenters. The number of nitro benzene ring substituents is 1. The van der Waals surface area contributed by atoms with E-state index >= 15 is 0 Å². The van der Waals surface area contributed by atoms with E-state index in [4.69, 9.17) is 13.8 Å². The molecule has 0 heterocycles. The quantitative estimate of drug-likeness (QED) is 0.260. The van der Waals surface area contributed by atoms with Crippen LogP contribution in [0, 0.1) is 10.1 Å². The van der Waals surface area contributed by atoms with Gasteiger partial charge in [-0.1, -0.05) is 0 Å². The molecule has 0 unspecified atom stereocenters. The first-order valence-corrected chi connectivity index (χ1v) is 9.71. The summed E-state index contributed by atoms with van der Waals surface area (Å²) in [6.07, 6.45) is 0.756. The van der Waals surface area contributed by atoms with E-state index in [0.29, 0.717) is 44.2 Å². The zero-order valence-electron chi connectivity index (χ0n) is 14.3. The molecular formula is C15H25N2O6P. The van der Waals surface area contributed by atoms with E-state index in [-0.39, 0.29) is 11.8 Å². The van der Waals surface area contributed by atoms with Gasteiger partial charge in [0.2, 0.25) is 0 Å². The topological polar surface area (TPSA) is 99.9 Å². The van der Waals surface area contributed by atoms with Crippen molar-refractivity contribution in [2.45, 2.75) is 27.2 Å². The Morgan fingerprint density at radius 3 is 2.42 bits per heavy atom. The third kappa shape index (κ3) is 6.47. The van der Waals surface area contributed by atoms with Crippen LogP contribution in [0.3, 0.4) is 0 Å². The van der Waals surface area contributed by atoms with Crippen LogP contribution in [-0.4, -0.2) is 37.5 Å². The first-order valence-electron chi connectivity index (χ1n) is 7.99. The van der Waals surface area contributed by atoms with E-state index in [0.717, 1.165) is 0 Å². The summed E-state index contributed by atoms with van der Waals surface area (Å²) in [5.41, 5.74) is 0.413. The Labute approximate surface area is 142 Å². The molecule has 0 saturated carbocycles. The Kier molecular flexibility index (Phi) is 8.74. The third-order valence-electron chi connectivity index (χ3n) is 3.03. The molecule has 0 aromatic heterocycles. The van der Waals surface area contributed by atoms with Gasteiger partial charge in [-0.15, -0.1) is 0 Å². The molecule has 0 fully saturated rings. The molecule has 0 bridgehead atoms. The van der Waals surface area contributed by atoms with Crippen LogP contribution in [-0.2, 0) is 13.6 Å². The molecule has 24 heavy (non-hydrogen) atoms. The normalized spacial score (nSPS) is 11.3. The van der Waals surface area contributed by atoms with Gasteiger partial charge < -0.3 is 19.1 Å². The summed E-state index contributed by atoms with van der Waals surface area (Å²) in [5.74, 6) is 0.513. The number of rotatable bonds is 12. The Hall–Kier alpha value is -1.63. The number of hydrogen-bond donors (Lipinski definition) is 1. The Balaban J connectivity index is 2.60. The second-order valence-electron chi connectivity index (χ2n) is 4.84. The molecule has 136 valence electrons. The summed E-state index contributed by atoms with van der Waals surface area (Å²) in [4.78, 5) is 10.5. The molecule has 1 aromatic rings. The number of anilines is 1. The van der Waals surface area contributed by atoms with Crippen molar-refractivity contribution in [2.24, 2.45) is 0 Å². The summed E-state index contributed by atoms with van der Waals surface area (Å²) in [6.45, 7) is 6.92. The van der Waals surface area contributed by atoms with Gasteiger partial charge in [-0.25, -0.2) is 0 Å². The Bertz CT molecular complexity index is 571. The predicted molar refractivity (Wildman–Crippen MR) is 93.1 cm³/mol. The SMILES string of the molecule is CCNc1cc(OCCCP(=O)(OCC)OCC)ccc1[N+](=O)[O-]. The minimum Gasteiger partial charge on any atom is -0.493 e. The molecule has 0 aliphatic rings. The van der Waals surface area contributed by atoms with Crippen molar-refractivity contribution >= 4 is 19.0 Å². The van der Waals surface area contributed by atoms with Crippen LogP contribution < -0.4 is 10.1 Å². The van der Waals surface area contributed by atoms with E-state index < -0.39 is 12.5 Å². The summed E-state index contributed by atoms with van der Waals surface area (Å²) in [6, 6.07) is 4.54. The number of nitrogens with zero attached hydrogens (tertiary/aromatic N) is 1. The van der Waals surface area contributed by atoms with Crippen molar-refractivity contribution in [3.8, 4) is 5.75 Å². The number of benzene rings is 1. The average molecular weight is 360 g/mol. The second kappa shape index (κ2) is 10.3. The highest BCUT2D eigenvalue weighted by molar-refractivity contribution is 7.53. The maximum Gasteiger partial charge on any atom is 0.330 e. The lowest BCUT2D eigenvalue weighted by molar-refractivity contribution is -0.384. The van der Waals surface area contributed by atoms with Crippen LogP contribution in [0.4, 0.5) is 11.4 Å². The van der Waals surface area contributed by atoms with Crippen LogP contribution in [0.15, 0.2) is 18.2 Å². The largest absolute Gasteiger partial charge is 0.493 e. The molecule has 0 spiro atoms. The van der Waals surface area contributed by atoms with Gasteiger partial charge in [0.05, 0.1) is 30.9 Å². The maximum atomic E-state index is 12.3. The van der Waals surface area contributed by atoms with Crippen LogP contribution in [0.25, 0.3) is 0 Å². The fraction of sp³-hybridized carbons (Fsp3) is 0.600. The van der Waals surface area contributed by atoms with E-state index in [9.17, 15) is 14.7 Å². The zero-order valence-corrected chi connectivity index (χ0v) is 15.2. The van der Waals surface area contributed by atoms with Gasteiger partial charge >= 0.3 is 7.60 Å². The van der Waals surface area contributed by atoms with Crippen LogP contribution in [0.5, 0.6) is 5.75 Å². The van der Waals surface area contributed by atoms with Gasteiger partial charge in [-0.05, 0) is 33.3 Å². The van der Waals surface area contributed by atoms with Gasteiger partial charge in [0.25, 0.3) is 5.69 Å². The predicted octanol–water partition coefficient (Wildman–Crippen LogP) is 4.06. The van der Waals surface area contributed by atoms with E-state index in [2.05, 4.69) is 5.32 Å². The summed E-state index contributed by atoms with van der Waals surface area (Å²) >= 11 is 0. The minimum atomic E-state index is -3.06. The lowest BCUT2D eigenvalue weighted by Gasteiger charge is -2.17. The van der Waals surface area contributed by atoms with Gasteiger partial charge in [0.1, 0.15) is 11.4 Å². The number of nitro groups is 1. The number of hydrogen-bond acceptors (Lipinski definition) is 7. The van der Waals surface area contributed by atoms with Crippen LogP contribution in [0.2, 0.25) is 0 Å². The molecular weight excluding hydrogens is 335 g/mol. The molecule has 1 N–H and O–H groups in total. The van der Waals surface area contributed by atoms with Gasteiger partial charge in [-0.3, -0.25) is 14.7 Å². The Morgan fingerprint density at radius 2 is 1.88 bits per heavy atom. The van der Waals surface area contributed by atoms with Gasteiger partial charge in [0, 0.05) is 18.7 Å². The molecule has 0 aliphatic carbocycles. The molecule has 9 heteroatoms. The van der Waals surface area contributed by atoms with Crippen molar-refractivity contribution < 1.29 is 23.3 Å². The van der Waals surface area contributed by atoms with Crippen LogP contribution >= 0.6 is 7.60 Å². The van der Waals surface area contributed by atoms with E-state index in [1.807, 2.05) is 6.92 Å². The summed E-state index contributed by atoms with van der Waals surface area (Å²) in [5, 5.41) is 13.9. The summed E-state index contributed by atoms with van der Waals surface area (Å²) < 4.78 is 28.3. The third-order valence-corrected chi connectivity index (χ3v) is 5.20. The van der Waals surface area contributed by atoms with Crippen molar-refractivity contribution in [3.05, 3.63) is 28.3 Å². The smallest absolute Gasteiger partial charge is 0.330 e. The molecule has 0 saturated heterocycles. The van der Waals surface area contributed by atoms with Gasteiger partial charge in [-0.2, -0.15) is 0 Å². The fourth-order valence-electron chi connectivity index (χ4n) is 2.10. The number of ether oxygens (including phenoxy) is 1. The first-order chi connectivity index (χ1) is 11.5. The average Bonchev–Trinajstić information content (AvgIpc) is 2.52. The first kappa shape index (κ1) is 20.4. The molecule has 0 amide bonds. The van der Waals surface area contributed by atoms with E-state index in [1.165, 1.54) is 6.07 Å². The van der Waals surface area contributed by atoms with Crippen LogP contribution in [0.1, 0.15) is 27.2 Å². The highest BCUT2D eigenvalue weighted by Crippen LogP contribution is 2.48. The summed E-state index contributed by atoms with van der Waals surface area (Å²) in [7, 11) is -3.06. The number of nitrogens with one attached hydrogen (secondary N) is 1. The minimum absolute atomic E-state index is 0.00129. The highest BCUT2D eigenvalue weighted by atomic mass is 31.2. The van der Waals surface area contributed by atoms with Crippen molar-refractivity contribution in [1.82, 2.24) is 0 Å². The lowest BCUT2D eigenvalue weighted by Crippen LogP contribution is -2.06. The molecule has 1 rings (SSSR count). The molecule has 0 radical (unpaired) electrons. The lowest BCUT2D eigenvalue weighted by atomic mass is 10.2. The molecule has 8 nitrogen and oxygen atoms in total. The zero-order chi connectivity index (χ0) is 18.0. The van der Waals surface area contributed by atoms with Crippen molar-refractivity contribution in [2.75, 3.05) is 37.8 Å². The maximum absolute atomic E-state index is 12.3. The standard InChI is InChI=1S/C15H25N2O6P/c1-4-16-14-12-13(8-9-15(14)17(18)19)21-10-7-11-24(20,22-5-2)23-6-3/h8-9,12,16H,4-7,10-11H2,1-3H3.